The number of nitrogens with one attached hydrogen (secondary N) is 2. The lowest BCUT2D eigenvalue weighted by molar-refractivity contribution is -0.141. The van der Waals surface area contributed by atoms with Crippen molar-refractivity contribution >= 4 is 18.4 Å². The van der Waals surface area contributed by atoms with Crippen molar-refractivity contribution < 1.29 is 19.4 Å². The number of aromatic amines is 1. The Bertz CT molecular complexity index is 803. The summed E-state index contributed by atoms with van der Waals surface area (Å²) in [6, 6.07) is 5.06. The Morgan fingerprint density at radius 1 is 1.25 bits per heavy atom. The van der Waals surface area contributed by atoms with Crippen molar-refractivity contribution in [1.82, 2.24) is 25.9 Å². The first kappa shape index (κ1) is 20.3. The molecule has 1 aromatic carbocycles. The van der Waals surface area contributed by atoms with Gasteiger partial charge in [0.1, 0.15) is 17.5 Å². The lowest BCUT2D eigenvalue weighted by atomic mass is 9.72. The highest BCUT2D eigenvalue weighted by Gasteiger charge is 2.38. The van der Waals surface area contributed by atoms with Crippen LogP contribution in [-0.4, -0.2) is 57.5 Å². The predicted octanol–water partition coefficient (Wildman–Crippen LogP) is 1.91. The summed E-state index contributed by atoms with van der Waals surface area (Å²) < 4.78 is 11.7. The van der Waals surface area contributed by atoms with E-state index in [2.05, 4.69) is 25.9 Å². The van der Waals surface area contributed by atoms with Crippen LogP contribution in [0, 0.1) is 11.8 Å². The molecule has 2 fully saturated rings. The van der Waals surface area contributed by atoms with Gasteiger partial charge in [0, 0.05) is 6.07 Å². The van der Waals surface area contributed by atoms with Crippen LogP contribution >= 0.6 is 12.4 Å². The van der Waals surface area contributed by atoms with E-state index >= 15 is 0 Å². The van der Waals surface area contributed by atoms with Crippen LogP contribution in [0.4, 0.5) is 0 Å². The van der Waals surface area contributed by atoms with Crippen LogP contribution in [0.2, 0.25) is 0 Å². The Kier molecular flexibility index (Phi) is 6.35. The molecule has 10 heteroatoms. The summed E-state index contributed by atoms with van der Waals surface area (Å²) in [7, 11) is 1.61. The number of carbonyl (C=O) groups is 1. The summed E-state index contributed by atoms with van der Waals surface area (Å²) in [6.07, 6.45) is 3.48. The van der Waals surface area contributed by atoms with Gasteiger partial charge in [0.2, 0.25) is 5.82 Å². The van der Waals surface area contributed by atoms with E-state index < -0.39 is 12.0 Å². The minimum absolute atomic E-state index is 0. The Morgan fingerprint density at radius 2 is 2.11 bits per heavy atom. The number of tetrazole rings is 1. The standard InChI is InChI=1S/C18H23N5O4.ClH/c1-26-12-4-5-14(17-20-22-23-21-17)16(8-12)27-13-3-2-10-9-19-15(18(24)25)7-11(10)6-13;/h4-5,8,10-11,13,15,19H,2-3,6-7,9H2,1H3,(H,24,25)(H,20,21,22,23);1H/t10-,11+,13-,15-;/m0./s1. The monoisotopic (exact) mass is 409 g/mol. The SMILES string of the molecule is COc1ccc(-c2nn[nH]n2)c(O[C@H]2CC[C@H]3CN[C@H](C(=O)O)C[C@H]3C2)c1.Cl. The number of methoxy groups -OCH3 is 1. The number of halogens is 1. The zero-order chi connectivity index (χ0) is 18.8. The topological polar surface area (TPSA) is 122 Å². The quantitative estimate of drug-likeness (QED) is 0.684. The molecule has 1 saturated carbocycles. The largest absolute Gasteiger partial charge is 0.497 e. The fourth-order valence-corrected chi connectivity index (χ4v) is 4.18. The molecule has 1 saturated heterocycles. The molecular weight excluding hydrogens is 386 g/mol. The van der Waals surface area contributed by atoms with Gasteiger partial charge in [-0.15, -0.1) is 22.6 Å². The minimum atomic E-state index is -0.774. The molecule has 4 atom stereocenters. The average Bonchev–Trinajstić information content (AvgIpc) is 3.21. The summed E-state index contributed by atoms with van der Waals surface area (Å²) in [5.74, 6) is 1.91. The summed E-state index contributed by atoms with van der Waals surface area (Å²) in [5, 5.41) is 26.6. The molecule has 3 N–H and O–H groups in total. The van der Waals surface area contributed by atoms with Gasteiger partial charge in [-0.05, 0) is 61.4 Å². The van der Waals surface area contributed by atoms with Crippen molar-refractivity contribution in [2.24, 2.45) is 11.8 Å². The van der Waals surface area contributed by atoms with E-state index in [1.807, 2.05) is 18.2 Å². The lowest BCUT2D eigenvalue weighted by Gasteiger charge is -2.41. The number of carboxylic acids is 1. The van der Waals surface area contributed by atoms with Crippen LogP contribution in [0.3, 0.4) is 0 Å². The molecule has 0 spiro atoms. The number of aliphatic carboxylic acids is 1. The Hall–Kier alpha value is -2.39. The van der Waals surface area contributed by atoms with E-state index in [0.717, 1.165) is 31.4 Å². The number of fused-ring (bicyclic) bond motifs is 1. The first-order valence-electron chi connectivity index (χ1n) is 9.18. The van der Waals surface area contributed by atoms with Crippen molar-refractivity contribution in [3.8, 4) is 22.9 Å². The molecule has 2 aliphatic rings. The highest BCUT2D eigenvalue weighted by atomic mass is 35.5. The number of benzene rings is 1. The van der Waals surface area contributed by atoms with Crippen molar-refractivity contribution in [2.45, 2.75) is 37.8 Å². The zero-order valence-corrected chi connectivity index (χ0v) is 16.3. The first-order chi connectivity index (χ1) is 13.1. The van der Waals surface area contributed by atoms with Gasteiger partial charge >= 0.3 is 5.97 Å². The highest BCUT2D eigenvalue weighted by molar-refractivity contribution is 5.85. The van der Waals surface area contributed by atoms with Gasteiger partial charge in [-0.2, -0.15) is 5.21 Å². The van der Waals surface area contributed by atoms with E-state index in [-0.39, 0.29) is 18.5 Å². The average molecular weight is 410 g/mol. The molecule has 1 aliphatic heterocycles. The maximum atomic E-state index is 11.3. The van der Waals surface area contributed by atoms with E-state index in [1.165, 1.54) is 0 Å². The fourth-order valence-electron chi connectivity index (χ4n) is 4.18. The lowest BCUT2D eigenvalue weighted by Crippen LogP contribution is -2.50. The second-order valence-electron chi connectivity index (χ2n) is 7.21. The summed E-state index contributed by atoms with van der Waals surface area (Å²) in [6.45, 7) is 0.765. The Labute approximate surface area is 168 Å². The third-order valence-corrected chi connectivity index (χ3v) is 5.62. The molecule has 9 nitrogen and oxygen atoms in total. The fraction of sp³-hybridized carbons (Fsp3) is 0.556. The summed E-state index contributed by atoms with van der Waals surface area (Å²) in [4.78, 5) is 11.3. The normalized spacial score (nSPS) is 26.6. The second-order valence-corrected chi connectivity index (χ2v) is 7.21. The summed E-state index contributed by atoms with van der Waals surface area (Å²) in [5.41, 5.74) is 0.750. The Morgan fingerprint density at radius 3 is 2.82 bits per heavy atom. The molecular formula is C18H24ClN5O4. The molecule has 28 heavy (non-hydrogen) atoms. The van der Waals surface area contributed by atoms with Crippen LogP contribution in [0.5, 0.6) is 11.5 Å². The molecule has 0 bridgehead atoms. The maximum Gasteiger partial charge on any atom is 0.320 e. The number of carboxylic acid groups (broad SMARTS) is 1. The number of piperidine rings is 1. The molecule has 0 amide bonds. The third kappa shape index (κ3) is 4.20. The van der Waals surface area contributed by atoms with Gasteiger partial charge in [-0.1, -0.05) is 0 Å². The number of rotatable bonds is 5. The van der Waals surface area contributed by atoms with Gasteiger partial charge < -0.3 is 19.9 Å². The number of hydrogen-bond donors (Lipinski definition) is 3. The van der Waals surface area contributed by atoms with Crippen molar-refractivity contribution in [3.63, 3.8) is 0 Å². The molecule has 0 unspecified atom stereocenters. The van der Waals surface area contributed by atoms with Gasteiger partial charge in [0.25, 0.3) is 0 Å². The number of nitrogens with zero attached hydrogens (tertiary/aromatic N) is 3. The molecule has 2 heterocycles. The first-order valence-corrected chi connectivity index (χ1v) is 9.18. The smallest absolute Gasteiger partial charge is 0.320 e. The molecule has 152 valence electrons. The molecule has 1 aliphatic carbocycles. The molecule has 4 rings (SSSR count). The number of H-pyrrole nitrogens is 1. The minimum Gasteiger partial charge on any atom is -0.497 e. The second kappa shape index (κ2) is 8.74. The van der Waals surface area contributed by atoms with E-state index in [4.69, 9.17) is 9.47 Å². The van der Waals surface area contributed by atoms with Gasteiger partial charge in [-0.25, -0.2) is 0 Å². The van der Waals surface area contributed by atoms with Crippen LogP contribution in [-0.2, 0) is 4.79 Å². The Balaban J connectivity index is 0.00000225. The van der Waals surface area contributed by atoms with Gasteiger partial charge in [0.15, 0.2) is 0 Å². The van der Waals surface area contributed by atoms with E-state index in [1.54, 1.807) is 7.11 Å². The number of aromatic nitrogens is 4. The molecule has 1 aromatic heterocycles. The number of hydrogen-bond acceptors (Lipinski definition) is 7. The van der Waals surface area contributed by atoms with E-state index in [0.29, 0.717) is 35.6 Å². The third-order valence-electron chi connectivity index (χ3n) is 5.62. The van der Waals surface area contributed by atoms with E-state index in [9.17, 15) is 9.90 Å². The van der Waals surface area contributed by atoms with Gasteiger partial charge in [-0.3, -0.25) is 4.79 Å². The maximum absolute atomic E-state index is 11.3. The molecule has 0 radical (unpaired) electrons. The van der Waals surface area contributed by atoms with Crippen LogP contribution in [0.1, 0.15) is 25.7 Å². The van der Waals surface area contributed by atoms with Crippen molar-refractivity contribution in [3.05, 3.63) is 18.2 Å². The van der Waals surface area contributed by atoms with Gasteiger partial charge in [0.05, 0.1) is 18.8 Å². The van der Waals surface area contributed by atoms with Crippen LogP contribution in [0.25, 0.3) is 11.4 Å². The predicted molar refractivity (Wildman–Crippen MR) is 103 cm³/mol. The number of ether oxygens (including phenoxy) is 2. The highest BCUT2D eigenvalue weighted by Crippen LogP contribution is 2.39. The zero-order valence-electron chi connectivity index (χ0n) is 15.5. The van der Waals surface area contributed by atoms with Crippen LogP contribution in [0.15, 0.2) is 18.2 Å². The summed E-state index contributed by atoms with van der Waals surface area (Å²) >= 11 is 0. The van der Waals surface area contributed by atoms with Crippen molar-refractivity contribution in [1.29, 1.82) is 0 Å². The molecule has 2 aromatic rings. The van der Waals surface area contributed by atoms with Crippen molar-refractivity contribution in [2.75, 3.05) is 13.7 Å². The van der Waals surface area contributed by atoms with Crippen LogP contribution < -0.4 is 14.8 Å².